The smallest absolute Gasteiger partial charge is 0.336 e. The predicted molar refractivity (Wildman–Crippen MR) is 78.2 cm³/mol. The molecule has 2 nitrogen and oxygen atoms in total. The number of carboxylic acids is 1. The molecule has 0 unspecified atom stereocenters. The Morgan fingerprint density at radius 3 is 2.37 bits per heavy atom. The van der Waals surface area contributed by atoms with Crippen molar-refractivity contribution in [1.29, 1.82) is 0 Å². The first-order valence-electron chi connectivity index (χ1n) is 6.06. The van der Waals surface area contributed by atoms with E-state index in [1.807, 2.05) is 25.1 Å². The molecule has 98 valence electrons. The lowest BCUT2D eigenvalue weighted by Crippen LogP contribution is -1.99. The summed E-state index contributed by atoms with van der Waals surface area (Å²) < 4.78 is 0. The molecule has 0 aliphatic rings. The Morgan fingerprint density at radius 2 is 1.74 bits per heavy atom. The normalized spacial score (nSPS) is 10.5. The van der Waals surface area contributed by atoms with Crippen LogP contribution >= 0.6 is 11.8 Å². The van der Waals surface area contributed by atoms with Gasteiger partial charge in [-0.05, 0) is 56.2 Å². The lowest BCUT2D eigenvalue weighted by molar-refractivity contribution is 0.0693. The Hall–Kier alpha value is -1.74. The number of rotatable bonds is 3. The van der Waals surface area contributed by atoms with Crippen molar-refractivity contribution in [2.75, 3.05) is 0 Å². The molecule has 0 heterocycles. The van der Waals surface area contributed by atoms with E-state index in [1.165, 1.54) is 22.9 Å². The molecular formula is C16H16O2S. The molecule has 3 heteroatoms. The number of benzene rings is 2. The standard InChI is InChI=1S/C16H16O2S/c1-10-4-7-15(14(8-10)16(17)18)19-13-6-5-11(2)12(3)9-13/h4-9H,1-3H3,(H,17,18). The first-order chi connectivity index (χ1) is 8.97. The third-order valence-electron chi connectivity index (χ3n) is 3.07. The summed E-state index contributed by atoms with van der Waals surface area (Å²) >= 11 is 1.49. The van der Waals surface area contributed by atoms with Crippen LogP contribution < -0.4 is 0 Å². The second-order valence-corrected chi connectivity index (χ2v) is 5.77. The molecule has 2 rings (SSSR count). The maximum atomic E-state index is 11.3. The first kappa shape index (κ1) is 13.7. The molecule has 1 N–H and O–H groups in total. The van der Waals surface area contributed by atoms with Gasteiger partial charge in [-0.15, -0.1) is 0 Å². The highest BCUT2D eigenvalue weighted by atomic mass is 32.2. The zero-order valence-corrected chi connectivity index (χ0v) is 12.0. The van der Waals surface area contributed by atoms with Gasteiger partial charge < -0.3 is 5.11 Å². The second-order valence-electron chi connectivity index (χ2n) is 4.65. The van der Waals surface area contributed by atoms with Gasteiger partial charge in [0, 0.05) is 9.79 Å². The Kier molecular flexibility index (Phi) is 3.96. The largest absolute Gasteiger partial charge is 0.478 e. The molecule has 0 aliphatic heterocycles. The van der Waals surface area contributed by atoms with Crippen molar-refractivity contribution in [1.82, 2.24) is 0 Å². The van der Waals surface area contributed by atoms with Crippen LogP contribution in [-0.4, -0.2) is 11.1 Å². The second kappa shape index (κ2) is 5.49. The molecule has 0 saturated carbocycles. The Morgan fingerprint density at radius 1 is 1.00 bits per heavy atom. The molecule has 0 amide bonds. The zero-order valence-electron chi connectivity index (χ0n) is 11.2. The molecule has 2 aromatic carbocycles. The summed E-state index contributed by atoms with van der Waals surface area (Å²) in [5.41, 5.74) is 3.78. The van der Waals surface area contributed by atoms with E-state index in [-0.39, 0.29) is 0 Å². The summed E-state index contributed by atoms with van der Waals surface area (Å²) in [5, 5.41) is 9.25. The van der Waals surface area contributed by atoms with E-state index < -0.39 is 5.97 Å². The maximum Gasteiger partial charge on any atom is 0.336 e. The van der Waals surface area contributed by atoms with Crippen molar-refractivity contribution in [3.05, 3.63) is 58.7 Å². The molecule has 0 bridgehead atoms. The van der Waals surface area contributed by atoms with Crippen LogP contribution in [0.3, 0.4) is 0 Å². The number of hydrogen-bond donors (Lipinski definition) is 1. The molecule has 0 fully saturated rings. The Balaban J connectivity index is 2.37. The molecule has 0 aromatic heterocycles. The molecular weight excluding hydrogens is 256 g/mol. The van der Waals surface area contributed by atoms with Gasteiger partial charge in [-0.25, -0.2) is 4.79 Å². The fourth-order valence-corrected chi connectivity index (χ4v) is 2.82. The quantitative estimate of drug-likeness (QED) is 0.896. The summed E-state index contributed by atoms with van der Waals surface area (Å²) in [4.78, 5) is 13.1. The van der Waals surface area contributed by atoms with E-state index in [9.17, 15) is 9.90 Å². The van der Waals surface area contributed by atoms with Crippen LogP contribution in [0.25, 0.3) is 0 Å². The van der Waals surface area contributed by atoms with Crippen LogP contribution in [0, 0.1) is 20.8 Å². The zero-order chi connectivity index (χ0) is 14.0. The van der Waals surface area contributed by atoms with Crippen LogP contribution in [-0.2, 0) is 0 Å². The van der Waals surface area contributed by atoms with Gasteiger partial charge in [0.1, 0.15) is 0 Å². The van der Waals surface area contributed by atoms with Gasteiger partial charge >= 0.3 is 5.97 Å². The summed E-state index contributed by atoms with van der Waals surface area (Å²) in [5.74, 6) is -0.880. The van der Waals surface area contributed by atoms with Crippen LogP contribution in [0.4, 0.5) is 0 Å². The third kappa shape index (κ3) is 3.18. The SMILES string of the molecule is Cc1ccc(Sc2ccc(C)c(C)c2)c(C(=O)O)c1. The van der Waals surface area contributed by atoms with Crippen molar-refractivity contribution >= 4 is 17.7 Å². The summed E-state index contributed by atoms with van der Waals surface area (Å²) in [6.45, 7) is 6.03. The van der Waals surface area contributed by atoms with Crippen LogP contribution in [0.1, 0.15) is 27.0 Å². The highest BCUT2D eigenvalue weighted by Crippen LogP contribution is 2.32. The van der Waals surface area contributed by atoms with Gasteiger partial charge in [0.15, 0.2) is 0 Å². The van der Waals surface area contributed by atoms with E-state index in [4.69, 9.17) is 0 Å². The molecule has 0 saturated heterocycles. The van der Waals surface area contributed by atoms with Gasteiger partial charge in [-0.3, -0.25) is 0 Å². The van der Waals surface area contributed by atoms with Crippen molar-refractivity contribution < 1.29 is 9.90 Å². The van der Waals surface area contributed by atoms with Crippen LogP contribution in [0.15, 0.2) is 46.2 Å². The number of aryl methyl sites for hydroxylation is 3. The van der Waals surface area contributed by atoms with E-state index in [0.29, 0.717) is 5.56 Å². The molecule has 2 aromatic rings. The number of aromatic carboxylic acids is 1. The fraction of sp³-hybridized carbons (Fsp3) is 0.188. The first-order valence-corrected chi connectivity index (χ1v) is 6.88. The highest BCUT2D eigenvalue weighted by Gasteiger charge is 2.11. The maximum absolute atomic E-state index is 11.3. The van der Waals surface area contributed by atoms with E-state index in [0.717, 1.165) is 15.4 Å². The van der Waals surface area contributed by atoms with Gasteiger partial charge in [0.05, 0.1) is 5.56 Å². The minimum absolute atomic E-state index is 0.364. The third-order valence-corrected chi connectivity index (χ3v) is 4.14. The van der Waals surface area contributed by atoms with Crippen molar-refractivity contribution in [2.45, 2.75) is 30.6 Å². The molecule has 0 aliphatic carbocycles. The van der Waals surface area contributed by atoms with Crippen molar-refractivity contribution in [3.8, 4) is 0 Å². The van der Waals surface area contributed by atoms with Crippen molar-refractivity contribution in [2.24, 2.45) is 0 Å². The lowest BCUT2D eigenvalue weighted by atomic mass is 10.1. The highest BCUT2D eigenvalue weighted by molar-refractivity contribution is 7.99. The molecule has 0 radical (unpaired) electrons. The van der Waals surface area contributed by atoms with Crippen LogP contribution in [0.2, 0.25) is 0 Å². The van der Waals surface area contributed by atoms with E-state index in [1.54, 1.807) is 6.07 Å². The Labute approximate surface area is 117 Å². The van der Waals surface area contributed by atoms with Gasteiger partial charge in [0.25, 0.3) is 0 Å². The topological polar surface area (TPSA) is 37.3 Å². The van der Waals surface area contributed by atoms with Gasteiger partial charge in [-0.1, -0.05) is 29.5 Å². The number of carbonyl (C=O) groups is 1. The average molecular weight is 272 g/mol. The lowest BCUT2D eigenvalue weighted by Gasteiger charge is -2.08. The molecule has 19 heavy (non-hydrogen) atoms. The van der Waals surface area contributed by atoms with Gasteiger partial charge in [-0.2, -0.15) is 0 Å². The minimum Gasteiger partial charge on any atom is -0.478 e. The van der Waals surface area contributed by atoms with Crippen molar-refractivity contribution in [3.63, 3.8) is 0 Å². The minimum atomic E-state index is -0.880. The van der Waals surface area contributed by atoms with Gasteiger partial charge in [0.2, 0.25) is 0 Å². The average Bonchev–Trinajstić information content (AvgIpc) is 2.36. The Bertz CT molecular complexity index is 633. The number of hydrogen-bond acceptors (Lipinski definition) is 2. The fourth-order valence-electron chi connectivity index (χ4n) is 1.80. The molecule has 0 atom stereocenters. The monoisotopic (exact) mass is 272 g/mol. The summed E-state index contributed by atoms with van der Waals surface area (Å²) in [7, 11) is 0. The number of carboxylic acid groups (broad SMARTS) is 1. The van der Waals surface area contributed by atoms with E-state index in [2.05, 4.69) is 26.0 Å². The summed E-state index contributed by atoms with van der Waals surface area (Å²) in [6.07, 6.45) is 0. The van der Waals surface area contributed by atoms with E-state index >= 15 is 0 Å². The molecule has 0 spiro atoms. The predicted octanol–water partition coefficient (Wildman–Crippen LogP) is 4.46. The van der Waals surface area contributed by atoms with Crippen LogP contribution in [0.5, 0.6) is 0 Å². The summed E-state index contributed by atoms with van der Waals surface area (Å²) in [6, 6.07) is 11.7.